The highest BCUT2D eigenvalue weighted by molar-refractivity contribution is 7.99. The zero-order valence-electron chi connectivity index (χ0n) is 11.5. The van der Waals surface area contributed by atoms with Gasteiger partial charge in [-0.25, -0.2) is 8.42 Å². The average Bonchev–Trinajstić information content (AvgIpc) is 2.39. The molecule has 4 nitrogen and oxygen atoms in total. The molecule has 1 aromatic rings. The van der Waals surface area contributed by atoms with Gasteiger partial charge in [0.15, 0.2) is 0 Å². The van der Waals surface area contributed by atoms with Gasteiger partial charge in [-0.05, 0) is 25.5 Å². The number of thiocarbonyl (C=S) groups is 1. The SMILES string of the molecule is Cc1ccc(C(N)=S)cc1S(=O)(=O)N1CCSCC1C. The minimum atomic E-state index is -3.49. The lowest BCUT2D eigenvalue weighted by Gasteiger charge is -2.32. The van der Waals surface area contributed by atoms with Crippen molar-refractivity contribution < 1.29 is 8.42 Å². The Morgan fingerprint density at radius 3 is 2.80 bits per heavy atom. The van der Waals surface area contributed by atoms with Gasteiger partial charge in [0.05, 0.1) is 4.90 Å². The summed E-state index contributed by atoms with van der Waals surface area (Å²) in [5.41, 5.74) is 6.91. The molecule has 0 aromatic heterocycles. The smallest absolute Gasteiger partial charge is 0.243 e. The molecule has 1 atom stereocenters. The van der Waals surface area contributed by atoms with Crippen molar-refractivity contribution in [2.45, 2.75) is 24.8 Å². The summed E-state index contributed by atoms with van der Waals surface area (Å²) < 4.78 is 27.2. The van der Waals surface area contributed by atoms with Crippen molar-refractivity contribution in [3.8, 4) is 0 Å². The molecule has 0 radical (unpaired) electrons. The van der Waals surface area contributed by atoms with Gasteiger partial charge in [-0.15, -0.1) is 0 Å². The molecule has 0 saturated carbocycles. The van der Waals surface area contributed by atoms with Crippen LogP contribution in [0.5, 0.6) is 0 Å². The Morgan fingerprint density at radius 1 is 1.50 bits per heavy atom. The third kappa shape index (κ3) is 3.00. The van der Waals surface area contributed by atoms with Crippen LogP contribution in [0.2, 0.25) is 0 Å². The van der Waals surface area contributed by atoms with Gasteiger partial charge in [-0.1, -0.05) is 24.4 Å². The molecular formula is C13H18N2O2S3. The Balaban J connectivity index is 2.48. The third-order valence-electron chi connectivity index (χ3n) is 3.37. The molecule has 1 heterocycles. The van der Waals surface area contributed by atoms with Gasteiger partial charge in [0.2, 0.25) is 10.0 Å². The first-order valence-electron chi connectivity index (χ1n) is 6.34. The van der Waals surface area contributed by atoms with Crippen molar-refractivity contribution >= 4 is 39.0 Å². The monoisotopic (exact) mass is 330 g/mol. The maximum absolute atomic E-state index is 12.8. The first-order chi connectivity index (χ1) is 9.34. The summed E-state index contributed by atoms with van der Waals surface area (Å²) in [5.74, 6) is 1.66. The van der Waals surface area contributed by atoms with Crippen LogP contribution in [0, 0.1) is 6.92 Å². The Labute approximate surface area is 129 Å². The standard InChI is InChI=1S/C13H18N2O2S3/c1-9-3-4-11(13(14)18)7-12(9)20(16,17)15-5-6-19-8-10(15)2/h3-4,7,10H,5-6,8H2,1-2H3,(H2,14,18). The molecule has 7 heteroatoms. The van der Waals surface area contributed by atoms with Gasteiger partial charge < -0.3 is 5.73 Å². The van der Waals surface area contributed by atoms with Gasteiger partial charge >= 0.3 is 0 Å². The molecule has 1 saturated heterocycles. The van der Waals surface area contributed by atoms with Gasteiger partial charge in [-0.2, -0.15) is 16.1 Å². The summed E-state index contributed by atoms with van der Waals surface area (Å²) in [6.45, 7) is 4.28. The summed E-state index contributed by atoms with van der Waals surface area (Å²) in [7, 11) is -3.49. The van der Waals surface area contributed by atoms with Crippen LogP contribution in [0.25, 0.3) is 0 Å². The maximum Gasteiger partial charge on any atom is 0.243 e. The predicted molar refractivity (Wildman–Crippen MR) is 87.7 cm³/mol. The summed E-state index contributed by atoms with van der Waals surface area (Å²) in [6.07, 6.45) is 0. The summed E-state index contributed by atoms with van der Waals surface area (Å²) in [6, 6.07) is 5.10. The lowest BCUT2D eigenvalue weighted by Crippen LogP contribution is -2.44. The lowest BCUT2D eigenvalue weighted by molar-refractivity contribution is 0.367. The zero-order valence-corrected chi connectivity index (χ0v) is 13.9. The van der Waals surface area contributed by atoms with E-state index < -0.39 is 10.0 Å². The maximum atomic E-state index is 12.8. The number of hydrogen-bond acceptors (Lipinski definition) is 4. The number of nitrogens with two attached hydrogens (primary N) is 1. The third-order valence-corrected chi connectivity index (χ3v) is 6.95. The van der Waals surface area contributed by atoms with Crippen molar-refractivity contribution in [3.63, 3.8) is 0 Å². The van der Waals surface area contributed by atoms with Crippen LogP contribution < -0.4 is 5.73 Å². The van der Waals surface area contributed by atoms with Crippen LogP contribution in [0.1, 0.15) is 18.1 Å². The van der Waals surface area contributed by atoms with Crippen LogP contribution >= 0.6 is 24.0 Å². The summed E-state index contributed by atoms with van der Waals surface area (Å²) >= 11 is 6.72. The predicted octanol–water partition coefficient (Wildman–Crippen LogP) is 1.76. The van der Waals surface area contributed by atoms with Crippen molar-refractivity contribution in [1.29, 1.82) is 0 Å². The number of thioether (sulfide) groups is 1. The molecule has 2 rings (SSSR count). The Kier molecular flexibility index (Phi) is 4.73. The van der Waals surface area contributed by atoms with E-state index in [4.69, 9.17) is 18.0 Å². The van der Waals surface area contributed by atoms with E-state index in [0.29, 0.717) is 17.0 Å². The zero-order chi connectivity index (χ0) is 14.9. The van der Waals surface area contributed by atoms with Crippen LogP contribution in [0.15, 0.2) is 23.1 Å². The summed E-state index contributed by atoms with van der Waals surface area (Å²) in [4.78, 5) is 0.519. The topological polar surface area (TPSA) is 63.4 Å². The second kappa shape index (κ2) is 6.01. The number of benzene rings is 1. The van der Waals surface area contributed by atoms with Crippen molar-refractivity contribution in [2.24, 2.45) is 5.73 Å². The minimum Gasteiger partial charge on any atom is -0.389 e. The number of sulfonamides is 1. The van der Waals surface area contributed by atoms with Crippen LogP contribution in [-0.2, 0) is 10.0 Å². The van der Waals surface area contributed by atoms with E-state index in [1.807, 2.05) is 6.92 Å². The number of rotatable bonds is 3. The second-order valence-electron chi connectivity index (χ2n) is 4.88. The van der Waals surface area contributed by atoms with Gasteiger partial charge in [0.1, 0.15) is 4.99 Å². The molecule has 1 aliphatic heterocycles. The van der Waals surface area contributed by atoms with Crippen LogP contribution in [0.3, 0.4) is 0 Å². The van der Waals surface area contributed by atoms with Gasteiger partial charge in [0.25, 0.3) is 0 Å². The van der Waals surface area contributed by atoms with E-state index in [0.717, 1.165) is 17.1 Å². The molecule has 110 valence electrons. The molecule has 0 bridgehead atoms. The second-order valence-corrected chi connectivity index (χ2v) is 8.33. The molecule has 2 N–H and O–H groups in total. The molecule has 1 unspecified atom stereocenters. The molecule has 20 heavy (non-hydrogen) atoms. The minimum absolute atomic E-state index is 0.00614. The lowest BCUT2D eigenvalue weighted by atomic mass is 10.1. The number of nitrogens with zero attached hydrogens (tertiary/aromatic N) is 1. The van der Waals surface area contributed by atoms with E-state index in [1.165, 1.54) is 0 Å². The molecule has 0 amide bonds. The van der Waals surface area contributed by atoms with E-state index in [9.17, 15) is 8.42 Å². The van der Waals surface area contributed by atoms with Crippen molar-refractivity contribution in [3.05, 3.63) is 29.3 Å². The highest BCUT2D eigenvalue weighted by atomic mass is 32.2. The molecule has 0 aliphatic carbocycles. The van der Waals surface area contributed by atoms with Gasteiger partial charge in [-0.3, -0.25) is 0 Å². The fourth-order valence-electron chi connectivity index (χ4n) is 2.23. The van der Waals surface area contributed by atoms with E-state index in [2.05, 4.69) is 0 Å². The van der Waals surface area contributed by atoms with E-state index >= 15 is 0 Å². The molecule has 1 aliphatic rings. The molecule has 1 aromatic carbocycles. The highest BCUT2D eigenvalue weighted by Gasteiger charge is 2.32. The Hall–Kier alpha value is -0.630. The van der Waals surface area contributed by atoms with Crippen molar-refractivity contribution in [2.75, 3.05) is 18.1 Å². The Bertz CT molecular complexity index is 629. The van der Waals surface area contributed by atoms with Crippen LogP contribution in [-0.4, -0.2) is 41.8 Å². The quantitative estimate of drug-likeness (QED) is 0.856. The number of aryl methyl sites for hydroxylation is 1. The van der Waals surface area contributed by atoms with Crippen LogP contribution in [0.4, 0.5) is 0 Å². The largest absolute Gasteiger partial charge is 0.389 e. The average molecular weight is 331 g/mol. The number of hydrogen-bond donors (Lipinski definition) is 1. The molecular weight excluding hydrogens is 312 g/mol. The van der Waals surface area contributed by atoms with Gasteiger partial charge in [0, 0.05) is 29.7 Å². The summed E-state index contributed by atoms with van der Waals surface area (Å²) in [5, 5.41) is 0. The fourth-order valence-corrected chi connectivity index (χ4v) is 5.46. The Morgan fingerprint density at radius 2 is 2.20 bits per heavy atom. The first-order valence-corrected chi connectivity index (χ1v) is 9.34. The highest BCUT2D eigenvalue weighted by Crippen LogP contribution is 2.27. The van der Waals surface area contributed by atoms with E-state index in [-0.39, 0.29) is 11.0 Å². The normalized spacial score (nSPS) is 20.8. The first kappa shape index (κ1) is 15.8. The molecule has 1 fully saturated rings. The van der Waals surface area contributed by atoms with Crippen molar-refractivity contribution in [1.82, 2.24) is 4.31 Å². The van der Waals surface area contributed by atoms with E-state index in [1.54, 1.807) is 41.2 Å². The molecule has 0 spiro atoms. The fraction of sp³-hybridized carbons (Fsp3) is 0.462.